The van der Waals surface area contributed by atoms with Gasteiger partial charge in [0.15, 0.2) is 0 Å². The van der Waals surface area contributed by atoms with Crippen LogP contribution in [0.3, 0.4) is 0 Å². The fourth-order valence-electron chi connectivity index (χ4n) is 6.48. The fourth-order valence-corrected chi connectivity index (χ4v) is 6.48. The molecule has 0 bridgehead atoms. The summed E-state index contributed by atoms with van der Waals surface area (Å²) >= 11 is 0. The van der Waals surface area contributed by atoms with E-state index in [-0.39, 0.29) is 22.9 Å². The van der Waals surface area contributed by atoms with Crippen LogP contribution in [0, 0.1) is 34.5 Å². The van der Waals surface area contributed by atoms with Gasteiger partial charge in [-0.15, -0.1) is 0 Å². The number of carbonyl (C=O) groups excluding carboxylic acids is 2. The Bertz CT molecular complexity index is 565. The molecule has 0 aromatic carbocycles. The highest BCUT2D eigenvalue weighted by Gasteiger charge is 2.63. The van der Waals surface area contributed by atoms with Gasteiger partial charge in [-0.3, -0.25) is 9.59 Å². The number of aliphatic hydroxyl groups excluding tert-OH is 1. The molecule has 4 aliphatic rings. The Labute approximate surface area is 132 Å². The third-order valence-electron chi connectivity index (χ3n) is 7.62. The van der Waals surface area contributed by atoms with Crippen molar-refractivity contribution >= 4 is 11.6 Å². The molecule has 7 atom stereocenters. The lowest BCUT2D eigenvalue weighted by Crippen LogP contribution is -2.62. The first kappa shape index (κ1) is 14.6. The number of Topliss-reactive ketones (excluding diaryl/α,β-unsaturated/α-hetero) is 2. The van der Waals surface area contributed by atoms with Gasteiger partial charge in [-0.25, -0.2) is 0 Å². The van der Waals surface area contributed by atoms with E-state index in [1.165, 1.54) is 0 Å². The molecule has 3 saturated carbocycles. The minimum atomic E-state index is -0.633. The molecule has 0 aliphatic heterocycles. The second-order valence-electron chi connectivity index (χ2n) is 8.51. The van der Waals surface area contributed by atoms with Crippen LogP contribution in [0.25, 0.3) is 0 Å². The van der Waals surface area contributed by atoms with Crippen LogP contribution in [0.1, 0.15) is 52.4 Å². The van der Waals surface area contributed by atoms with Crippen molar-refractivity contribution in [2.75, 3.05) is 0 Å². The predicted molar refractivity (Wildman–Crippen MR) is 83.0 cm³/mol. The summed E-state index contributed by atoms with van der Waals surface area (Å²) in [5.41, 5.74) is -0.395. The van der Waals surface area contributed by atoms with Crippen molar-refractivity contribution < 1.29 is 14.7 Å². The van der Waals surface area contributed by atoms with Gasteiger partial charge in [-0.1, -0.05) is 26.0 Å². The molecule has 3 nitrogen and oxygen atoms in total. The predicted octanol–water partition coefficient (Wildman–Crippen LogP) is 2.91. The van der Waals surface area contributed by atoms with Crippen LogP contribution in [-0.2, 0) is 9.59 Å². The molecule has 1 N–H and O–H groups in total. The molecular weight excluding hydrogens is 276 g/mol. The Morgan fingerprint density at radius 1 is 1.18 bits per heavy atom. The Balaban J connectivity index is 1.76. The van der Waals surface area contributed by atoms with Gasteiger partial charge in [0.25, 0.3) is 0 Å². The molecule has 3 heteroatoms. The first-order valence-corrected chi connectivity index (χ1v) is 8.80. The molecule has 0 aromatic rings. The molecule has 0 amide bonds. The molecule has 1 unspecified atom stereocenters. The van der Waals surface area contributed by atoms with Crippen molar-refractivity contribution in [3.05, 3.63) is 12.2 Å². The summed E-state index contributed by atoms with van der Waals surface area (Å²) in [5.74, 6) is 1.07. The third-order valence-corrected chi connectivity index (χ3v) is 7.62. The molecule has 0 aromatic heterocycles. The summed E-state index contributed by atoms with van der Waals surface area (Å²) in [5, 5.41) is 10.7. The van der Waals surface area contributed by atoms with E-state index in [1.807, 2.05) is 6.92 Å². The highest BCUT2D eigenvalue weighted by Crippen LogP contribution is 2.63. The van der Waals surface area contributed by atoms with E-state index in [4.69, 9.17) is 0 Å². The van der Waals surface area contributed by atoms with Gasteiger partial charge >= 0.3 is 0 Å². The zero-order valence-corrected chi connectivity index (χ0v) is 13.5. The molecule has 4 aliphatic carbocycles. The van der Waals surface area contributed by atoms with Crippen molar-refractivity contribution in [3.8, 4) is 0 Å². The highest BCUT2D eigenvalue weighted by atomic mass is 16.3. The van der Waals surface area contributed by atoms with Gasteiger partial charge in [0.2, 0.25) is 0 Å². The van der Waals surface area contributed by atoms with E-state index in [2.05, 4.69) is 19.1 Å². The second-order valence-corrected chi connectivity index (χ2v) is 8.51. The maximum absolute atomic E-state index is 12.8. The van der Waals surface area contributed by atoms with Crippen molar-refractivity contribution in [1.29, 1.82) is 0 Å². The van der Waals surface area contributed by atoms with Gasteiger partial charge in [0, 0.05) is 18.3 Å². The number of hydrogen-bond acceptors (Lipinski definition) is 3. The second kappa shape index (κ2) is 4.53. The van der Waals surface area contributed by atoms with Gasteiger partial charge < -0.3 is 5.11 Å². The SMILES string of the molecule is C[C@@]12C=CC[C@H]1[C@@H]1C[C@@H](O)C3C(=O)CCC(=O)[C@]3(C)[C@H]1CC2. The number of hydrogen-bond donors (Lipinski definition) is 1. The molecule has 0 radical (unpaired) electrons. The zero-order valence-electron chi connectivity index (χ0n) is 13.5. The highest BCUT2D eigenvalue weighted by molar-refractivity contribution is 5.99. The first-order chi connectivity index (χ1) is 10.4. The van der Waals surface area contributed by atoms with E-state index in [0.717, 1.165) is 19.3 Å². The average Bonchev–Trinajstić information content (AvgIpc) is 2.85. The number of carbonyl (C=O) groups is 2. The van der Waals surface area contributed by atoms with E-state index in [9.17, 15) is 14.7 Å². The lowest BCUT2D eigenvalue weighted by atomic mass is 9.44. The standard InChI is InChI=1S/C19H26O3/c1-18-8-3-4-12(18)11-10-15(21)17-14(20)5-6-16(22)19(17,2)13(11)7-9-18/h3,8,11-13,15,17,21H,4-7,9-10H2,1-2H3/t11-,12-,13-,15+,17?,18-,19-/m0/s1. The van der Waals surface area contributed by atoms with Crippen LogP contribution < -0.4 is 0 Å². The van der Waals surface area contributed by atoms with Crippen LogP contribution >= 0.6 is 0 Å². The van der Waals surface area contributed by atoms with Gasteiger partial charge in [-0.2, -0.15) is 0 Å². The smallest absolute Gasteiger partial charge is 0.140 e. The Hall–Kier alpha value is -0.960. The molecule has 3 fully saturated rings. The molecule has 120 valence electrons. The van der Waals surface area contributed by atoms with E-state index >= 15 is 0 Å². The number of aliphatic hydroxyl groups is 1. The van der Waals surface area contributed by atoms with Gasteiger partial charge in [0.05, 0.1) is 12.0 Å². The number of rotatable bonds is 0. The molecular formula is C19H26O3. The van der Waals surface area contributed by atoms with Crippen molar-refractivity contribution in [1.82, 2.24) is 0 Å². The molecule has 0 heterocycles. The summed E-state index contributed by atoms with van der Waals surface area (Å²) in [7, 11) is 0. The zero-order chi connectivity index (χ0) is 15.7. The molecule has 0 saturated heterocycles. The summed E-state index contributed by atoms with van der Waals surface area (Å²) in [6, 6.07) is 0. The van der Waals surface area contributed by atoms with Crippen LogP contribution in [0.15, 0.2) is 12.2 Å². The van der Waals surface area contributed by atoms with Crippen molar-refractivity contribution in [2.45, 2.75) is 58.5 Å². The average molecular weight is 302 g/mol. The van der Waals surface area contributed by atoms with Crippen LogP contribution in [0.5, 0.6) is 0 Å². The van der Waals surface area contributed by atoms with E-state index in [1.54, 1.807) is 0 Å². The summed E-state index contributed by atoms with van der Waals surface area (Å²) in [4.78, 5) is 25.2. The van der Waals surface area contributed by atoms with E-state index < -0.39 is 17.4 Å². The lowest BCUT2D eigenvalue weighted by molar-refractivity contribution is -0.176. The normalized spacial score (nSPS) is 53.9. The van der Waals surface area contributed by atoms with Crippen LogP contribution in [0.4, 0.5) is 0 Å². The number of allylic oxidation sites excluding steroid dienone is 2. The van der Waals surface area contributed by atoms with Crippen LogP contribution in [0.2, 0.25) is 0 Å². The molecule has 22 heavy (non-hydrogen) atoms. The summed E-state index contributed by atoms with van der Waals surface area (Å²) in [6.07, 6.45) is 8.59. The number of ketones is 2. The first-order valence-electron chi connectivity index (χ1n) is 8.80. The minimum absolute atomic E-state index is 0.117. The monoisotopic (exact) mass is 302 g/mol. The summed E-state index contributed by atoms with van der Waals surface area (Å²) < 4.78 is 0. The maximum Gasteiger partial charge on any atom is 0.140 e. The third kappa shape index (κ3) is 1.66. The lowest BCUT2D eigenvalue weighted by Gasteiger charge is -2.59. The van der Waals surface area contributed by atoms with Gasteiger partial charge in [0.1, 0.15) is 11.6 Å². The summed E-state index contributed by atoms with van der Waals surface area (Å²) in [6.45, 7) is 4.31. The topological polar surface area (TPSA) is 54.4 Å². The van der Waals surface area contributed by atoms with Crippen LogP contribution in [-0.4, -0.2) is 22.8 Å². The number of fused-ring (bicyclic) bond motifs is 5. The Morgan fingerprint density at radius 2 is 1.95 bits per heavy atom. The van der Waals surface area contributed by atoms with Crippen molar-refractivity contribution in [3.63, 3.8) is 0 Å². The Morgan fingerprint density at radius 3 is 2.73 bits per heavy atom. The fraction of sp³-hybridized carbons (Fsp3) is 0.789. The largest absolute Gasteiger partial charge is 0.392 e. The maximum atomic E-state index is 12.8. The minimum Gasteiger partial charge on any atom is -0.392 e. The van der Waals surface area contributed by atoms with Gasteiger partial charge in [-0.05, 0) is 48.9 Å². The quantitative estimate of drug-likeness (QED) is 0.700. The molecule has 0 spiro atoms. The molecule has 4 rings (SSSR count). The van der Waals surface area contributed by atoms with E-state index in [0.29, 0.717) is 31.1 Å². The van der Waals surface area contributed by atoms with Crippen molar-refractivity contribution in [2.24, 2.45) is 34.5 Å². The Kier molecular flexibility index (Phi) is 3.01.